The molecular formula is C19H26N4O2. The second-order valence-corrected chi connectivity index (χ2v) is 6.95. The first-order valence-corrected chi connectivity index (χ1v) is 8.32. The number of carbonyl (C=O) groups is 1. The van der Waals surface area contributed by atoms with Crippen molar-refractivity contribution in [3.63, 3.8) is 0 Å². The lowest BCUT2D eigenvalue weighted by atomic mass is 10.1. The van der Waals surface area contributed by atoms with Gasteiger partial charge in [0.1, 0.15) is 11.4 Å². The van der Waals surface area contributed by atoms with E-state index in [9.17, 15) is 4.79 Å². The van der Waals surface area contributed by atoms with Crippen LogP contribution in [0, 0.1) is 6.92 Å². The Bertz CT molecular complexity index is 721. The molecule has 0 saturated heterocycles. The fraction of sp³-hybridized carbons (Fsp3) is 0.421. The summed E-state index contributed by atoms with van der Waals surface area (Å²) in [4.78, 5) is 21.0. The summed E-state index contributed by atoms with van der Waals surface area (Å²) in [5.41, 5.74) is 2.00. The molecule has 6 heteroatoms. The van der Waals surface area contributed by atoms with Crippen molar-refractivity contribution in [2.75, 3.05) is 19.0 Å². The van der Waals surface area contributed by atoms with Gasteiger partial charge in [0, 0.05) is 17.8 Å². The number of nitrogens with one attached hydrogen (secondary N) is 2. The number of carbonyl (C=O) groups excluding carboxylic acids is 1. The lowest BCUT2D eigenvalue weighted by Gasteiger charge is -2.20. The molecule has 0 fully saturated rings. The van der Waals surface area contributed by atoms with Crippen molar-refractivity contribution >= 4 is 11.9 Å². The van der Waals surface area contributed by atoms with Crippen LogP contribution in [0.15, 0.2) is 30.3 Å². The van der Waals surface area contributed by atoms with Crippen LogP contribution in [0.2, 0.25) is 0 Å². The Morgan fingerprint density at radius 1 is 1.16 bits per heavy atom. The summed E-state index contributed by atoms with van der Waals surface area (Å²) < 4.78 is 5.15. The zero-order valence-corrected chi connectivity index (χ0v) is 15.5. The number of aromatic nitrogens is 2. The number of methoxy groups -OCH3 is 1. The van der Waals surface area contributed by atoms with Gasteiger partial charge in [-0.3, -0.25) is 4.79 Å². The molecule has 2 rings (SSSR count). The zero-order valence-electron chi connectivity index (χ0n) is 15.5. The van der Waals surface area contributed by atoms with Gasteiger partial charge < -0.3 is 15.4 Å². The van der Waals surface area contributed by atoms with Gasteiger partial charge in [0.05, 0.1) is 7.11 Å². The minimum atomic E-state index is -0.308. The van der Waals surface area contributed by atoms with Gasteiger partial charge in [-0.25, -0.2) is 9.97 Å². The molecule has 134 valence electrons. The van der Waals surface area contributed by atoms with E-state index in [-0.39, 0.29) is 11.4 Å². The fourth-order valence-electron chi connectivity index (χ4n) is 2.28. The third kappa shape index (κ3) is 6.06. The van der Waals surface area contributed by atoms with Gasteiger partial charge >= 0.3 is 0 Å². The highest BCUT2D eigenvalue weighted by Crippen LogP contribution is 2.12. The molecule has 0 bridgehead atoms. The Morgan fingerprint density at radius 2 is 1.84 bits per heavy atom. The maximum atomic E-state index is 12.3. The molecule has 1 heterocycles. The highest BCUT2D eigenvalue weighted by atomic mass is 16.5. The zero-order chi connectivity index (χ0) is 18.4. The van der Waals surface area contributed by atoms with Gasteiger partial charge in [0.15, 0.2) is 0 Å². The largest absolute Gasteiger partial charge is 0.497 e. The summed E-state index contributed by atoms with van der Waals surface area (Å²) >= 11 is 0. The average Bonchev–Trinajstić information content (AvgIpc) is 2.53. The molecule has 2 N–H and O–H groups in total. The van der Waals surface area contributed by atoms with Crippen molar-refractivity contribution in [1.29, 1.82) is 0 Å². The second kappa shape index (κ2) is 7.96. The first-order chi connectivity index (χ1) is 11.8. The molecule has 0 spiro atoms. The third-order valence-electron chi connectivity index (χ3n) is 3.43. The van der Waals surface area contributed by atoms with Crippen molar-refractivity contribution in [3.8, 4) is 5.75 Å². The highest BCUT2D eigenvalue weighted by Gasteiger charge is 2.17. The Hall–Kier alpha value is -2.63. The molecule has 0 saturated carbocycles. The van der Waals surface area contributed by atoms with Gasteiger partial charge in [-0.15, -0.1) is 0 Å². The van der Waals surface area contributed by atoms with Gasteiger partial charge in [0.25, 0.3) is 5.91 Å². The summed E-state index contributed by atoms with van der Waals surface area (Å²) in [7, 11) is 1.65. The molecule has 2 aromatic rings. The standard InChI is InChI=1S/C19H26N4O2/c1-13-12-16(17(24)23-19(2,3)4)22-18(21-13)20-11-10-14-6-8-15(25-5)9-7-14/h6-9,12H,10-11H2,1-5H3,(H,23,24)(H,20,21,22). The molecule has 1 aromatic carbocycles. The number of nitrogens with zero attached hydrogens (tertiary/aromatic N) is 2. The van der Waals surface area contributed by atoms with Gasteiger partial charge in [-0.2, -0.15) is 0 Å². The summed E-state index contributed by atoms with van der Waals surface area (Å²) in [5, 5.41) is 6.10. The molecule has 0 atom stereocenters. The van der Waals surface area contributed by atoms with E-state index in [4.69, 9.17) is 4.74 Å². The summed E-state index contributed by atoms with van der Waals surface area (Å²) in [6.07, 6.45) is 0.824. The molecule has 0 aliphatic carbocycles. The first kappa shape index (κ1) is 18.7. The van der Waals surface area contributed by atoms with Gasteiger partial charge in [0.2, 0.25) is 5.95 Å². The van der Waals surface area contributed by atoms with Crippen LogP contribution in [-0.2, 0) is 6.42 Å². The highest BCUT2D eigenvalue weighted by molar-refractivity contribution is 5.93. The van der Waals surface area contributed by atoms with E-state index in [1.807, 2.05) is 52.0 Å². The third-order valence-corrected chi connectivity index (χ3v) is 3.43. The minimum Gasteiger partial charge on any atom is -0.497 e. The Balaban J connectivity index is 1.98. The number of hydrogen-bond acceptors (Lipinski definition) is 5. The van der Waals surface area contributed by atoms with Gasteiger partial charge in [-0.05, 0) is 57.9 Å². The molecule has 6 nitrogen and oxygen atoms in total. The first-order valence-electron chi connectivity index (χ1n) is 8.32. The lowest BCUT2D eigenvalue weighted by Crippen LogP contribution is -2.41. The predicted molar refractivity (Wildman–Crippen MR) is 99.2 cm³/mol. The van der Waals surface area contributed by atoms with Gasteiger partial charge in [-0.1, -0.05) is 12.1 Å². The number of anilines is 1. The van der Waals surface area contributed by atoms with E-state index in [1.54, 1.807) is 13.2 Å². The van der Waals surface area contributed by atoms with E-state index >= 15 is 0 Å². The molecule has 0 radical (unpaired) electrons. The number of amides is 1. The van der Waals surface area contributed by atoms with E-state index in [0.29, 0.717) is 18.2 Å². The van der Waals surface area contributed by atoms with Crippen molar-refractivity contribution < 1.29 is 9.53 Å². The van der Waals surface area contributed by atoms with Crippen molar-refractivity contribution in [3.05, 3.63) is 47.3 Å². The van der Waals surface area contributed by atoms with Crippen molar-refractivity contribution in [1.82, 2.24) is 15.3 Å². The monoisotopic (exact) mass is 342 g/mol. The van der Waals surface area contributed by atoms with Crippen LogP contribution >= 0.6 is 0 Å². The maximum Gasteiger partial charge on any atom is 0.270 e. The van der Waals surface area contributed by atoms with E-state index in [0.717, 1.165) is 17.9 Å². The number of rotatable bonds is 6. The number of aryl methyl sites for hydroxylation is 1. The molecule has 0 unspecified atom stereocenters. The molecule has 1 aromatic heterocycles. The Kier molecular flexibility index (Phi) is 5.96. The predicted octanol–water partition coefficient (Wildman–Crippen LogP) is 2.98. The quantitative estimate of drug-likeness (QED) is 0.844. The maximum absolute atomic E-state index is 12.3. The molecule has 0 aliphatic heterocycles. The van der Waals surface area contributed by atoms with E-state index in [1.165, 1.54) is 5.56 Å². The molecule has 0 aliphatic rings. The Morgan fingerprint density at radius 3 is 2.44 bits per heavy atom. The normalized spacial score (nSPS) is 11.1. The van der Waals surface area contributed by atoms with Crippen LogP contribution in [0.1, 0.15) is 42.5 Å². The number of ether oxygens (including phenoxy) is 1. The number of benzene rings is 1. The van der Waals surface area contributed by atoms with E-state index < -0.39 is 0 Å². The Labute approximate surface area is 149 Å². The van der Waals surface area contributed by atoms with E-state index in [2.05, 4.69) is 20.6 Å². The molecular weight excluding hydrogens is 316 g/mol. The lowest BCUT2D eigenvalue weighted by molar-refractivity contribution is 0.0914. The summed E-state index contributed by atoms with van der Waals surface area (Å²) in [6.45, 7) is 8.34. The molecule has 1 amide bonds. The summed E-state index contributed by atoms with van der Waals surface area (Å²) in [6, 6.07) is 9.62. The fourth-order valence-corrected chi connectivity index (χ4v) is 2.28. The average molecular weight is 342 g/mol. The second-order valence-electron chi connectivity index (χ2n) is 6.95. The van der Waals surface area contributed by atoms with Crippen molar-refractivity contribution in [2.24, 2.45) is 0 Å². The smallest absolute Gasteiger partial charge is 0.270 e. The van der Waals surface area contributed by atoms with Crippen LogP contribution < -0.4 is 15.4 Å². The topological polar surface area (TPSA) is 76.1 Å². The van der Waals surface area contributed by atoms with Crippen molar-refractivity contribution in [2.45, 2.75) is 39.7 Å². The molecule has 25 heavy (non-hydrogen) atoms. The minimum absolute atomic E-state index is 0.198. The number of hydrogen-bond donors (Lipinski definition) is 2. The SMILES string of the molecule is COc1ccc(CCNc2nc(C)cc(C(=O)NC(C)(C)C)n2)cc1. The van der Waals surface area contributed by atoms with Crippen LogP contribution in [0.4, 0.5) is 5.95 Å². The summed E-state index contributed by atoms with van der Waals surface area (Å²) in [5.74, 6) is 1.11. The van der Waals surface area contributed by atoms with Crippen LogP contribution in [0.25, 0.3) is 0 Å². The van der Waals surface area contributed by atoms with Crippen LogP contribution in [0.3, 0.4) is 0 Å². The van der Waals surface area contributed by atoms with Crippen LogP contribution in [0.5, 0.6) is 5.75 Å². The van der Waals surface area contributed by atoms with Crippen LogP contribution in [-0.4, -0.2) is 35.1 Å².